The number of aryl methyl sites for hydroxylation is 1. The molecule has 2 rings (SSSR count). The van der Waals surface area contributed by atoms with Crippen LogP contribution in [0, 0.1) is 6.92 Å². The van der Waals surface area contributed by atoms with Gasteiger partial charge < -0.3 is 14.6 Å². The molecule has 0 saturated carbocycles. The van der Waals surface area contributed by atoms with Crippen LogP contribution in [-0.2, 0) is 9.84 Å². The fraction of sp³-hybridized carbons (Fsp3) is 0.333. The normalized spacial score (nSPS) is 12.7. The van der Waals surface area contributed by atoms with Crippen molar-refractivity contribution in [3.8, 4) is 5.75 Å². The maximum atomic E-state index is 12.1. The molecule has 1 aromatic carbocycles. The topological polar surface area (TPSA) is 98.5 Å². The average Bonchev–Trinajstić information content (AvgIpc) is 2.91. The molecule has 1 unspecified atom stereocenters. The zero-order valence-corrected chi connectivity index (χ0v) is 14.1. The van der Waals surface area contributed by atoms with Gasteiger partial charge in [-0.3, -0.25) is 4.79 Å². The van der Waals surface area contributed by atoms with Gasteiger partial charge in [-0.1, -0.05) is 11.2 Å². The molecular formula is C15H18N2O5S. The second-order valence-corrected chi connectivity index (χ2v) is 7.21. The number of amides is 1. The van der Waals surface area contributed by atoms with Gasteiger partial charge in [0.2, 0.25) is 0 Å². The number of aromatic nitrogens is 1. The fourth-order valence-corrected chi connectivity index (χ4v) is 2.94. The molecule has 0 aliphatic rings. The molecule has 2 aromatic rings. The summed E-state index contributed by atoms with van der Waals surface area (Å²) >= 11 is 0. The molecule has 0 fully saturated rings. The van der Waals surface area contributed by atoms with Crippen molar-refractivity contribution in [2.45, 2.75) is 24.8 Å². The van der Waals surface area contributed by atoms with Crippen LogP contribution in [0.15, 0.2) is 33.9 Å². The quantitative estimate of drug-likeness (QED) is 0.894. The predicted molar refractivity (Wildman–Crippen MR) is 83.2 cm³/mol. The number of methoxy groups -OCH3 is 1. The molecule has 1 amide bonds. The van der Waals surface area contributed by atoms with Crippen LogP contribution in [0.1, 0.15) is 34.6 Å². The van der Waals surface area contributed by atoms with E-state index in [1.807, 2.05) is 0 Å². The van der Waals surface area contributed by atoms with Gasteiger partial charge in [0, 0.05) is 11.8 Å². The molecule has 124 valence electrons. The Morgan fingerprint density at radius 2 is 2.09 bits per heavy atom. The Kier molecular flexibility index (Phi) is 4.74. The second-order valence-electron chi connectivity index (χ2n) is 5.22. The highest BCUT2D eigenvalue weighted by Gasteiger charge is 2.19. The third-order valence-electron chi connectivity index (χ3n) is 3.40. The average molecular weight is 338 g/mol. The highest BCUT2D eigenvalue weighted by Crippen LogP contribution is 2.27. The summed E-state index contributed by atoms with van der Waals surface area (Å²) in [6, 6.07) is 4.34. The minimum absolute atomic E-state index is 0.106. The number of hydrogen-bond donors (Lipinski definition) is 1. The van der Waals surface area contributed by atoms with Crippen LogP contribution in [-0.4, -0.2) is 32.8 Å². The molecular weight excluding hydrogens is 320 g/mol. The standard InChI is InChI=1S/C15H18N2O5S/c1-9-8-22-17-14(9)15(18)16-10(2)11-5-6-13(23(4,19)20)12(7-11)21-3/h5-8,10H,1-4H3,(H,16,18). The van der Waals surface area contributed by atoms with E-state index in [4.69, 9.17) is 9.26 Å². The monoisotopic (exact) mass is 338 g/mol. The van der Waals surface area contributed by atoms with Crippen molar-refractivity contribution in [1.29, 1.82) is 0 Å². The number of hydrogen-bond acceptors (Lipinski definition) is 6. The SMILES string of the molecule is COc1cc(C(C)NC(=O)c2nocc2C)ccc1S(C)(=O)=O. The Morgan fingerprint density at radius 3 is 2.61 bits per heavy atom. The number of sulfone groups is 1. The van der Waals surface area contributed by atoms with Gasteiger partial charge in [-0.05, 0) is 31.5 Å². The zero-order chi connectivity index (χ0) is 17.2. The molecule has 23 heavy (non-hydrogen) atoms. The van der Waals surface area contributed by atoms with Crippen LogP contribution >= 0.6 is 0 Å². The highest BCUT2D eigenvalue weighted by atomic mass is 32.2. The largest absolute Gasteiger partial charge is 0.495 e. The third-order valence-corrected chi connectivity index (χ3v) is 4.53. The molecule has 8 heteroatoms. The van der Waals surface area contributed by atoms with E-state index in [1.165, 1.54) is 19.4 Å². The minimum Gasteiger partial charge on any atom is -0.495 e. The van der Waals surface area contributed by atoms with Crippen LogP contribution in [0.3, 0.4) is 0 Å². The molecule has 0 aliphatic heterocycles. The van der Waals surface area contributed by atoms with Crippen LogP contribution in [0.4, 0.5) is 0 Å². The van der Waals surface area contributed by atoms with Crippen molar-refractivity contribution in [2.75, 3.05) is 13.4 Å². The van der Waals surface area contributed by atoms with Gasteiger partial charge >= 0.3 is 0 Å². The van der Waals surface area contributed by atoms with Gasteiger partial charge in [-0.25, -0.2) is 8.42 Å². The smallest absolute Gasteiger partial charge is 0.274 e. The molecule has 1 atom stereocenters. The molecule has 1 heterocycles. The van der Waals surface area contributed by atoms with Crippen LogP contribution in [0.25, 0.3) is 0 Å². The number of nitrogens with zero attached hydrogens (tertiary/aromatic N) is 1. The first-order valence-electron chi connectivity index (χ1n) is 6.84. The maximum Gasteiger partial charge on any atom is 0.274 e. The van der Waals surface area contributed by atoms with E-state index in [9.17, 15) is 13.2 Å². The van der Waals surface area contributed by atoms with E-state index < -0.39 is 9.84 Å². The van der Waals surface area contributed by atoms with Crippen molar-refractivity contribution < 1.29 is 22.5 Å². The lowest BCUT2D eigenvalue weighted by Gasteiger charge is -2.16. The number of rotatable bonds is 5. The second kappa shape index (κ2) is 6.41. The lowest BCUT2D eigenvalue weighted by Crippen LogP contribution is -2.27. The number of benzene rings is 1. The van der Waals surface area contributed by atoms with Crippen LogP contribution < -0.4 is 10.1 Å². The molecule has 0 spiro atoms. The van der Waals surface area contributed by atoms with Crippen molar-refractivity contribution in [3.63, 3.8) is 0 Å². The molecule has 1 N–H and O–H groups in total. The summed E-state index contributed by atoms with van der Waals surface area (Å²) < 4.78 is 33.3. The van der Waals surface area contributed by atoms with Crippen molar-refractivity contribution in [3.05, 3.63) is 41.3 Å². The van der Waals surface area contributed by atoms with Crippen molar-refractivity contribution >= 4 is 15.7 Å². The Hall–Kier alpha value is -2.35. The number of carbonyl (C=O) groups excluding carboxylic acids is 1. The molecule has 0 bridgehead atoms. The van der Waals surface area contributed by atoms with Crippen molar-refractivity contribution in [1.82, 2.24) is 10.5 Å². The minimum atomic E-state index is -3.39. The van der Waals surface area contributed by atoms with Gasteiger partial charge in [0.25, 0.3) is 5.91 Å². The predicted octanol–water partition coefficient (Wildman–Crippen LogP) is 1.89. The van der Waals surface area contributed by atoms with E-state index in [2.05, 4.69) is 10.5 Å². The van der Waals surface area contributed by atoms with Gasteiger partial charge in [-0.15, -0.1) is 0 Å². The summed E-state index contributed by atoms with van der Waals surface area (Å²) in [5.74, 6) is -0.126. The van der Waals surface area contributed by atoms with E-state index in [0.717, 1.165) is 6.26 Å². The molecule has 7 nitrogen and oxygen atoms in total. The lowest BCUT2D eigenvalue weighted by molar-refractivity contribution is 0.0930. The van der Waals surface area contributed by atoms with Crippen molar-refractivity contribution in [2.24, 2.45) is 0 Å². The van der Waals surface area contributed by atoms with E-state index in [1.54, 1.807) is 26.0 Å². The van der Waals surface area contributed by atoms with E-state index in [-0.39, 0.29) is 28.3 Å². The Labute approximate surface area is 134 Å². The summed E-state index contributed by atoms with van der Waals surface area (Å²) in [6.07, 6.45) is 2.51. The third kappa shape index (κ3) is 3.70. The van der Waals surface area contributed by atoms with Gasteiger partial charge in [-0.2, -0.15) is 0 Å². The van der Waals surface area contributed by atoms with Gasteiger partial charge in [0.1, 0.15) is 16.9 Å². The molecule has 0 aliphatic carbocycles. The summed E-state index contributed by atoms with van der Waals surface area (Å²) in [5.41, 5.74) is 1.57. The summed E-state index contributed by atoms with van der Waals surface area (Å²) in [7, 11) is -1.99. The summed E-state index contributed by atoms with van der Waals surface area (Å²) in [4.78, 5) is 12.2. The van der Waals surface area contributed by atoms with E-state index >= 15 is 0 Å². The lowest BCUT2D eigenvalue weighted by atomic mass is 10.1. The number of nitrogens with one attached hydrogen (secondary N) is 1. The Bertz CT molecular complexity index is 826. The van der Waals surface area contributed by atoms with Crippen LogP contribution in [0.5, 0.6) is 5.75 Å². The number of ether oxygens (including phenoxy) is 1. The van der Waals surface area contributed by atoms with Gasteiger partial charge in [0.05, 0.1) is 13.2 Å². The first kappa shape index (κ1) is 17.0. The molecule has 1 aromatic heterocycles. The highest BCUT2D eigenvalue weighted by molar-refractivity contribution is 7.90. The van der Waals surface area contributed by atoms with E-state index in [0.29, 0.717) is 11.1 Å². The summed E-state index contributed by atoms with van der Waals surface area (Å²) in [5, 5.41) is 6.43. The zero-order valence-electron chi connectivity index (χ0n) is 13.3. The summed E-state index contributed by atoms with van der Waals surface area (Å²) in [6.45, 7) is 3.50. The van der Waals surface area contributed by atoms with Crippen LogP contribution in [0.2, 0.25) is 0 Å². The maximum absolute atomic E-state index is 12.1. The Morgan fingerprint density at radius 1 is 1.39 bits per heavy atom. The number of carbonyl (C=O) groups is 1. The fourth-order valence-electron chi connectivity index (χ4n) is 2.11. The first-order chi connectivity index (χ1) is 10.7. The first-order valence-corrected chi connectivity index (χ1v) is 8.73. The van der Waals surface area contributed by atoms with Gasteiger partial charge in [0.15, 0.2) is 15.5 Å². The Balaban J connectivity index is 2.25. The molecule has 0 saturated heterocycles. The molecule has 0 radical (unpaired) electrons.